The third-order valence-corrected chi connectivity index (χ3v) is 4.31. The molecule has 0 bridgehead atoms. The predicted octanol–water partition coefficient (Wildman–Crippen LogP) is 3.50. The van der Waals surface area contributed by atoms with E-state index in [1.54, 1.807) is 26.0 Å². The zero-order valence-electron chi connectivity index (χ0n) is 11.7. The van der Waals surface area contributed by atoms with Gasteiger partial charge in [0.15, 0.2) is 0 Å². The van der Waals surface area contributed by atoms with Crippen molar-refractivity contribution in [2.75, 3.05) is 20.8 Å². The van der Waals surface area contributed by atoms with Gasteiger partial charge in [-0.2, -0.15) is 0 Å². The van der Waals surface area contributed by atoms with Gasteiger partial charge in [0.05, 0.1) is 14.2 Å². The highest BCUT2D eigenvalue weighted by molar-refractivity contribution is 7.99. The maximum absolute atomic E-state index is 5.91. The fourth-order valence-corrected chi connectivity index (χ4v) is 2.91. The molecule has 0 heterocycles. The van der Waals surface area contributed by atoms with Crippen LogP contribution in [0.15, 0.2) is 53.4 Å². The third-order valence-electron chi connectivity index (χ3n) is 3.02. The molecule has 20 heavy (non-hydrogen) atoms. The van der Waals surface area contributed by atoms with E-state index in [-0.39, 0.29) is 5.25 Å². The van der Waals surface area contributed by atoms with E-state index in [0.29, 0.717) is 6.54 Å². The fourth-order valence-electron chi connectivity index (χ4n) is 1.91. The van der Waals surface area contributed by atoms with Crippen molar-refractivity contribution in [2.24, 2.45) is 5.73 Å². The summed E-state index contributed by atoms with van der Waals surface area (Å²) in [6.45, 7) is 0.573. The minimum atomic E-state index is 0.207. The van der Waals surface area contributed by atoms with Crippen LogP contribution in [-0.2, 0) is 0 Å². The summed E-state index contributed by atoms with van der Waals surface area (Å²) in [6.07, 6.45) is 0. The highest BCUT2D eigenvalue weighted by Crippen LogP contribution is 2.36. The van der Waals surface area contributed by atoms with Crippen molar-refractivity contribution < 1.29 is 9.47 Å². The van der Waals surface area contributed by atoms with E-state index >= 15 is 0 Å². The van der Waals surface area contributed by atoms with Crippen LogP contribution in [0.1, 0.15) is 10.8 Å². The van der Waals surface area contributed by atoms with Crippen molar-refractivity contribution in [3.05, 3.63) is 54.1 Å². The summed E-state index contributed by atoms with van der Waals surface area (Å²) in [5.74, 6) is 1.72. The number of hydrogen-bond donors (Lipinski definition) is 1. The number of thioether (sulfide) groups is 1. The van der Waals surface area contributed by atoms with Gasteiger partial charge in [0.2, 0.25) is 0 Å². The summed E-state index contributed by atoms with van der Waals surface area (Å²) in [6, 6.07) is 16.1. The summed E-state index contributed by atoms with van der Waals surface area (Å²) >= 11 is 1.74. The first-order valence-corrected chi connectivity index (χ1v) is 7.29. The average molecular weight is 289 g/mol. The van der Waals surface area contributed by atoms with Crippen LogP contribution in [0.4, 0.5) is 0 Å². The molecule has 0 radical (unpaired) electrons. The quantitative estimate of drug-likeness (QED) is 0.827. The molecule has 0 saturated carbocycles. The number of nitrogens with two attached hydrogens (primary N) is 1. The maximum Gasteiger partial charge on any atom is 0.119 e. The third kappa shape index (κ3) is 3.68. The molecule has 2 aromatic rings. The smallest absolute Gasteiger partial charge is 0.119 e. The molecule has 4 heteroatoms. The lowest BCUT2D eigenvalue weighted by Gasteiger charge is -2.16. The molecule has 1 atom stereocenters. The molecule has 2 aromatic carbocycles. The highest BCUT2D eigenvalue weighted by Gasteiger charge is 2.12. The topological polar surface area (TPSA) is 44.5 Å². The van der Waals surface area contributed by atoms with Crippen molar-refractivity contribution in [1.82, 2.24) is 0 Å². The van der Waals surface area contributed by atoms with Crippen molar-refractivity contribution >= 4 is 11.8 Å². The molecule has 3 nitrogen and oxygen atoms in total. The van der Waals surface area contributed by atoms with E-state index < -0.39 is 0 Å². The number of methoxy groups -OCH3 is 2. The van der Waals surface area contributed by atoms with E-state index in [2.05, 4.69) is 6.07 Å². The van der Waals surface area contributed by atoms with Crippen LogP contribution >= 0.6 is 11.8 Å². The van der Waals surface area contributed by atoms with Gasteiger partial charge in [0, 0.05) is 16.7 Å². The second-order valence-electron chi connectivity index (χ2n) is 4.29. The van der Waals surface area contributed by atoms with Gasteiger partial charge in [0.25, 0.3) is 0 Å². The van der Waals surface area contributed by atoms with E-state index in [0.717, 1.165) is 11.5 Å². The molecule has 106 valence electrons. The van der Waals surface area contributed by atoms with Gasteiger partial charge in [-0.15, -0.1) is 11.8 Å². The van der Waals surface area contributed by atoms with Crippen LogP contribution in [0.2, 0.25) is 0 Å². The van der Waals surface area contributed by atoms with Crippen LogP contribution < -0.4 is 15.2 Å². The van der Waals surface area contributed by atoms with Crippen LogP contribution in [0.3, 0.4) is 0 Å². The molecule has 0 aromatic heterocycles. The molecule has 0 aliphatic rings. The second kappa shape index (κ2) is 7.22. The van der Waals surface area contributed by atoms with Crippen molar-refractivity contribution in [3.63, 3.8) is 0 Å². The number of benzene rings is 2. The van der Waals surface area contributed by atoms with Crippen LogP contribution in [0.5, 0.6) is 11.5 Å². The Bertz CT molecular complexity index is 542. The molecule has 2 rings (SSSR count). The van der Waals surface area contributed by atoms with E-state index in [9.17, 15) is 0 Å². The highest BCUT2D eigenvalue weighted by atomic mass is 32.2. The first kappa shape index (κ1) is 14.8. The van der Waals surface area contributed by atoms with Crippen molar-refractivity contribution in [3.8, 4) is 11.5 Å². The van der Waals surface area contributed by atoms with Crippen LogP contribution in [-0.4, -0.2) is 20.8 Å². The average Bonchev–Trinajstić information content (AvgIpc) is 2.53. The largest absolute Gasteiger partial charge is 0.497 e. The SMILES string of the molecule is COc1ccc(SC(CN)c2cccc(OC)c2)cc1. The lowest BCUT2D eigenvalue weighted by atomic mass is 10.1. The lowest BCUT2D eigenvalue weighted by Crippen LogP contribution is -2.09. The number of hydrogen-bond acceptors (Lipinski definition) is 4. The van der Waals surface area contributed by atoms with Gasteiger partial charge in [-0.25, -0.2) is 0 Å². The van der Waals surface area contributed by atoms with Crippen LogP contribution in [0, 0.1) is 0 Å². The van der Waals surface area contributed by atoms with Crippen LogP contribution in [0.25, 0.3) is 0 Å². The molecular formula is C16H19NO2S. The molecule has 0 aliphatic carbocycles. The molecule has 0 fully saturated rings. The normalized spacial score (nSPS) is 11.9. The van der Waals surface area contributed by atoms with Crippen molar-refractivity contribution in [2.45, 2.75) is 10.1 Å². The molecule has 1 unspecified atom stereocenters. The van der Waals surface area contributed by atoms with Gasteiger partial charge in [0.1, 0.15) is 11.5 Å². The van der Waals surface area contributed by atoms with Crippen molar-refractivity contribution in [1.29, 1.82) is 0 Å². The second-order valence-corrected chi connectivity index (χ2v) is 5.57. The summed E-state index contributed by atoms with van der Waals surface area (Å²) in [5.41, 5.74) is 7.09. The molecular weight excluding hydrogens is 270 g/mol. The summed E-state index contributed by atoms with van der Waals surface area (Å²) < 4.78 is 10.4. The Kier molecular flexibility index (Phi) is 5.32. The summed E-state index contributed by atoms with van der Waals surface area (Å²) in [4.78, 5) is 1.17. The Balaban J connectivity index is 2.14. The Morgan fingerprint density at radius 3 is 2.30 bits per heavy atom. The maximum atomic E-state index is 5.91. The fraction of sp³-hybridized carbons (Fsp3) is 0.250. The minimum Gasteiger partial charge on any atom is -0.497 e. The Morgan fingerprint density at radius 2 is 1.70 bits per heavy atom. The van der Waals surface area contributed by atoms with Gasteiger partial charge < -0.3 is 15.2 Å². The summed E-state index contributed by atoms with van der Waals surface area (Å²) in [7, 11) is 3.34. The predicted molar refractivity (Wildman–Crippen MR) is 83.6 cm³/mol. The minimum absolute atomic E-state index is 0.207. The Labute approximate surface area is 124 Å². The van der Waals surface area contributed by atoms with E-state index in [4.69, 9.17) is 15.2 Å². The molecule has 0 saturated heterocycles. The monoisotopic (exact) mass is 289 g/mol. The van der Waals surface area contributed by atoms with Gasteiger partial charge in [-0.3, -0.25) is 0 Å². The van der Waals surface area contributed by atoms with Gasteiger partial charge in [-0.1, -0.05) is 12.1 Å². The Hall–Kier alpha value is -1.65. The first-order valence-electron chi connectivity index (χ1n) is 6.41. The number of rotatable bonds is 6. The summed E-state index contributed by atoms with van der Waals surface area (Å²) in [5, 5.41) is 0.207. The number of ether oxygens (including phenoxy) is 2. The van der Waals surface area contributed by atoms with Gasteiger partial charge >= 0.3 is 0 Å². The molecule has 0 amide bonds. The standard InChI is InChI=1S/C16H19NO2S/c1-18-13-6-8-15(9-7-13)20-16(11-17)12-4-3-5-14(10-12)19-2/h3-10,16H,11,17H2,1-2H3. The zero-order chi connectivity index (χ0) is 14.4. The zero-order valence-corrected chi connectivity index (χ0v) is 12.5. The molecule has 0 aliphatic heterocycles. The molecule has 0 spiro atoms. The van der Waals surface area contributed by atoms with E-state index in [1.165, 1.54) is 10.5 Å². The first-order chi connectivity index (χ1) is 9.76. The van der Waals surface area contributed by atoms with E-state index in [1.807, 2.05) is 42.5 Å². The molecule has 2 N–H and O–H groups in total. The van der Waals surface area contributed by atoms with Gasteiger partial charge in [-0.05, 0) is 42.0 Å². The Morgan fingerprint density at radius 1 is 1.00 bits per heavy atom. The lowest BCUT2D eigenvalue weighted by molar-refractivity contribution is 0.414.